The van der Waals surface area contributed by atoms with E-state index in [0.29, 0.717) is 0 Å². The van der Waals surface area contributed by atoms with Crippen molar-refractivity contribution in [1.29, 1.82) is 0 Å². The summed E-state index contributed by atoms with van der Waals surface area (Å²) < 4.78 is 0. The molecular weight excluding hydrogens is 160 g/mol. The van der Waals surface area contributed by atoms with Crippen LogP contribution in [0, 0.1) is 0 Å². The van der Waals surface area contributed by atoms with E-state index >= 15 is 0 Å². The van der Waals surface area contributed by atoms with Crippen molar-refractivity contribution in [1.82, 2.24) is 5.32 Å². The lowest BCUT2D eigenvalue weighted by molar-refractivity contribution is 0.585. The van der Waals surface area contributed by atoms with Crippen LogP contribution in [0.15, 0.2) is 30.3 Å². The Hall–Kier alpha value is -0.860. The topological polar surface area (TPSA) is 38.0 Å². The van der Waals surface area contributed by atoms with Gasteiger partial charge < -0.3 is 11.1 Å². The van der Waals surface area contributed by atoms with Gasteiger partial charge in [0.15, 0.2) is 0 Å². The molecule has 0 aliphatic carbocycles. The first kappa shape index (κ1) is 10.2. The molecule has 2 nitrogen and oxygen atoms in total. The van der Waals surface area contributed by atoms with Crippen LogP contribution in [0.25, 0.3) is 0 Å². The van der Waals surface area contributed by atoms with Gasteiger partial charge in [0.1, 0.15) is 0 Å². The molecule has 0 aliphatic heterocycles. The molecule has 0 heterocycles. The summed E-state index contributed by atoms with van der Waals surface area (Å²) >= 11 is 0. The molecule has 0 bridgehead atoms. The minimum atomic E-state index is 0.273. The molecule has 1 rings (SSSR count). The SMILES string of the molecule is CNCCC(N)Cc1ccccc1. The van der Waals surface area contributed by atoms with E-state index in [-0.39, 0.29) is 6.04 Å². The minimum absolute atomic E-state index is 0.273. The molecule has 1 atom stereocenters. The monoisotopic (exact) mass is 178 g/mol. The fourth-order valence-electron chi connectivity index (χ4n) is 1.35. The van der Waals surface area contributed by atoms with E-state index < -0.39 is 0 Å². The van der Waals surface area contributed by atoms with Gasteiger partial charge in [-0.2, -0.15) is 0 Å². The van der Waals surface area contributed by atoms with Crippen LogP contribution in [-0.2, 0) is 6.42 Å². The van der Waals surface area contributed by atoms with Gasteiger partial charge in [-0.1, -0.05) is 30.3 Å². The average molecular weight is 178 g/mol. The Labute approximate surface area is 80.1 Å². The van der Waals surface area contributed by atoms with Crippen molar-refractivity contribution >= 4 is 0 Å². The molecule has 1 aromatic carbocycles. The predicted molar refractivity (Wildman–Crippen MR) is 56.7 cm³/mol. The summed E-state index contributed by atoms with van der Waals surface area (Å²) in [5.74, 6) is 0. The summed E-state index contributed by atoms with van der Waals surface area (Å²) in [6, 6.07) is 10.7. The normalized spacial score (nSPS) is 12.8. The van der Waals surface area contributed by atoms with E-state index in [1.807, 2.05) is 13.1 Å². The average Bonchev–Trinajstić information content (AvgIpc) is 2.16. The Morgan fingerprint density at radius 2 is 2.00 bits per heavy atom. The third kappa shape index (κ3) is 4.06. The number of benzene rings is 1. The number of nitrogens with two attached hydrogens (primary N) is 1. The Kier molecular flexibility index (Phi) is 4.50. The molecule has 0 fully saturated rings. The van der Waals surface area contributed by atoms with Crippen LogP contribution in [-0.4, -0.2) is 19.6 Å². The van der Waals surface area contributed by atoms with Crippen molar-refractivity contribution in [2.75, 3.05) is 13.6 Å². The highest BCUT2D eigenvalue weighted by atomic mass is 14.8. The first-order valence-corrected chi connectivity index (χ1v) is 4.77. The van der Waals surface area contributed by atoms with Gasteiger partial charge >= 0.3 is 0 Å². The molecule has 0 radical (unpaired) electrons. The Morgan fingerprint density at radius 3 is 2.62 bits per heavy atom. The van der Waals surface area contributed by atoms with Crippen molar-refractivity contribution in [3.63, 3.8) is 0 Å². The summed E-state index contributed by atoms with van der Waals surface area (Å²) in [6.45, 7) is 0.994. The van der Waals surface area contributed by atoms with Gasteiger partial charge in [0, 0.05) is 6.04 Å². The standard InChI is InChI=1S/C11H18N2/c1-13-8-7-11(12)9-10-5-3-2-4-6-10/h2-6,11,13H,7-9,12H2,1H3. The zero-order valence-corrected chi connectivity index (χ0v) is 8.16. The molecule has 0 amide bonds. The van der Waals surface area contributed by atoms with Gasteiger partial charge in [0.2, 0.25) is 0 Å². The number of nitrogens with one attached hydrogen (secondary N) is 1. The second kappa shape index (κ2) is 5.73. The lowest BCUT2D eigenvalue weighted by Crippen LogP contribution is -2.27. The van der Waals surface area contributed by atoms with Gasteiger partial charge in [0.05, 0.1) is 0 Å². The molecule has 3 N–H and O–H groups in total. The summed E-state index contributed by atoms with van der Waals surface area (Å²) in [5.41, 5.74) is 7.28. The fraction of sp³-hybridized carbons (Fsp3) is 0.455. The van der Waals surface area contributed by atoms with Crippen LogP contribution >= 0.6 is 0 Å². The van der Waals surface area contributed by atoms with Gasteiger partial charge in [-0.05, 0) is 32.0 Å². The second-order valence-corrected chi connectivity index (χ2v) is 3.34. The Morgan fingerprint density at radius 1 is 1.31 bits per heavy atom. The first-order chi connectivity index (χ1) is 6.33. The maximum atomic E-state index is 5.95. The predicted octanol–water partition coefficient (Wildman–Crippen LogP) is 1.17. The van der Waals surface area contributed by atoms with Crippen molar-refractivity contribution in [2.24, 2.45) is 5.73 Å². The molecule has 13 heavy (non-hydrogen) atoms. The zero-order valence-electron chi connectivity index (χ0n) is 8.16. The van der Waals surface area contributed by atoms with Gasteiger partial charge in [0.25, 0.3) is 0 Å². The number of hydrogen-bond acceptors (Lipinski definition) is 2. The van der Waals surface area contributed by atoms with E-state index in [1.54, 1.807) is 0 Å². The van der Waals surface area contributed by atoms with Crippen LogP contribution in [0.1, 0.15) is 12.0 Å². The highest BCUT2D eigenvalue weighted by Gasteiger charge is 2.01. The maximum Gasteiger partial charge on any atom is 0.00914 e. The zero-order chi connectivity index (χ0) is 9.52. The van der Waals surface area contributed by atoms with Crippen LogP contribution in [0.3, 0.4) is 0 Å². The second-order valence-electron chi connectivity index (χ2n) is 3.34. The molecule has 0 spiro atoms. The molecule has 0 saturated carbocycles. The van der Waals surface area contributed by atoms with Gasteiger partial charge in [-0.25, -0.2) is 0 Å². The number of rotatable bonds is 5. The lowest BCUT2D eigenvalue weighted by atomic mass is 10.0. The minimum Gasteiger partial charge on any atom is -0.327 e. The summed E-state index contributed by atoms with van der Waals surface area (Å²) in [6.07, 6.45) is 2.01. The summed E-state index contributed by atoms with van der Waals surface area (Å²) in [5, 5.41) is 3.10. The first-order valence-electron chi connectivity index (χ1n) is 4.77. The largest absolute Gasteiger partial charge is 0.327 e. The van der Waals surface area contributed by atoms with Gasteiger partial charge in [-0.3, -0.25) is 0 Å². The Balaban J connectivity index is 2.32. The van der Waals surface area contributed by atoms with Crippen molar-refractivity contribution < 1.29 is 0 Å². The van der Waals surface area contributed by atoms with Crippen molar-refractivity contribution in [3.05, 3.63) is 35.9 Å². The third-order valence-corrected chi connectivity index (χ3v) is 2.11. The molecule has 2 heteroatoms. The quantitative estimate of drug-likeness (QED) is 0.710. The van der Waals surface area contributed by atoms with E-state index in [4.69, 9.17) is 5.73 Å². The highest BCUT2D eigenvalue weighted by Crippen LogP contribution is 2.03. The Bertz CT molecular complexity index is 221. The lowest BCUT2D eigenvalue weighted by Gasteiger charge is -2.10. The van der Waals surface area contributed by atoms with Crippen LogP contribution < -0.4 is 11.1 Å². The fourth-order valence-corrected chi connectivity index (χ4v) is 1.35. The van der Waals surface area contributed by atoms with Crippen LogP contribution in [0.5, 0.6) is 0 Å². The van der Waals surface area contributed by atoms with E-state index in [0.717, 1.165) is 19.4 Å². The van der Waals surface area contributed by atoms with Crippen molar-refractivity contribution in [3.8, 4) is 0 Å². The maximum absolute atomic E-state index is 5.95. The van der Waals surface area contributed by atoms with Gasteiger partial charge in [-0.15, -0.1) is 0 Å². The number of hydrogen-bond donors (Lipinski definition) is 2. The molecule has 0 aromatic heterocycles. The molecule has 0 aliphatic rings. The summed E-state index contributed by atoms with van der Waals surface area (Å²) in [4.78, 5) is 0. The van der Waals surface area contributed by atoms with Crippen LogP contribution in [0.2, 0.25) is 0 Å². The summed E-state index contributed by atoms with van der Waals surface area (Å²) in [7, 11) is 1.95. The van der Waals surface area contributed by atoms with E-state index in [1.165, 1.54) is 5.56 Å². The molecular formula is C11H18N2. The molecule has 72 valence electrons. The van der Waals surface area contributed by atoms with E-state index in [2.05, 4.69) is 29.6 Å². The van der Waals surface area contributed by atoms with E-state index in [9.17, 15) is 0 Å². The third-order valence-electron chi connectivity index (χ3n) is 2.11. The molecule has 1 aromatic rings. The molecule has 1 unspecified atom stereocenters. The van der Waals surface area contributed by atoms with Crippen LogP contribution in [0.4, 0.5) is 0 Å². The smallest absolute Gasteiger partial charge is 0.00914 e. The van der Waals surface area contributed by atoms with Crippen molar-refractivity contribution in [2.45, 2.75) is 18.9 Å². The highest BCUT2D eigenvalue weighted by molar-refractivity contribution is 5.15. The molecule has 0 saturated heterocycles.